The number of amides is 2. The number of hydrogen-bond acceptors (Lipinski definition) is 3. The third kappa shape index (κ3) is 1.76. The molecule has 0 unspecified atom stereocenters. The number of nitrogens with one attached hydrogen (secondary N) is 2. The molecule has 18 heavy (non-hydrogen) atoms. The van der Waals surface area contributed by atoms with Crippen LogP contribution in [0.5, 0.6) is 0 Å². The summed E-state index contributed by atoms with van der Waals surface area (Å²) in [6.07, 6.45) is 1.82. The van der Waals surface area contributed by atoms with E-state index in [2.05, 4.69) is 10.6 Å². The van der Waals surface area contributed by atoms with Crippen molar-refractivity contribution in [3.8, 4) is 0 Å². The minimum atomic E-state index is -0.576. The minimum Gasteiger partial charge on any atom is -0.395 e. The molecule has 2 aliphatic rings. The predicted molar refractivity (Wildman–Crippen MR) is 66.2 cm³/mol. The molecule has 5 heteroatoms. The molecular formula is C13H14N2O3. The Hall–Kier alpha value is -1.88. The van der Waals surface area contributed by atoms with Gasteiger partial charge in [0, 0.05) is 11.4 Å². The highest BCUT2D eigenvalue weighted by Crippen LogP contribution is 2.46. The van der Waals surface area contributed by atoms with Crippen molar-refractivity contribution in [2.24, 2.45) is 5.41 Å². The van der Waals surface area contributed by atoms with E-state index in [0.29, 0.717) is 12.1 Å². The molecule has 1 aliphatic heterocycles. The third-order valence-electron chi connectivity index (χ3n) is 3.63. The van der Waals surface area contributed by atoms with Crippen LogP contribution in [0.25, 0.3) is 0 Å². The molecule has 5 nitrogen and oxygen atoms in total. The van der Waals surface area contributed by atoms with Gasteiger partial charge in [-0.2, -0.15) is 0 Å². The fourth-order valence-electron chi connectivity index (χ4n) is 2.18. The topological polar surface area (TPSA) is 78.4 Å². The van der Waals surface area contributed by atoms with E-state index >= 15 is 0 Å². The average Bonchev–Trinajstić information content (AvgIpc) is 3.06. The summed E-state index contributed by atoms with van der Waals surface area (Å²) in [6.45, 7) is -0.107. The lowest BCUT2D eigenvalue weighted by atomic mass is 10.1. The van der Waals surface area contributed by atoms with Crippen LogP contribution in [0.4, 0.5) is 11.4 Å². The van der Waals surface area contributed by atoms with Gasteiger partial charge < -0.3 is 15.7 Å². The van der Waals surface area contributed by atoms with E-state index in [-0.39, 0.29) is 18.4 Å². The zero-order valence-electron chi connectivity index (χ0n) is 9.82. The molecule has 3 N–H and O–H groups in total. The molecule has 1 aromatic rings. The summed E-state index contributed by atoms with van der Waals surface area (Å²) in [5.74, 6) is -0.162. The van der Waals surface area contributed by atoms with Crippen LogP contribution in [0.15, 0.2) is 18.2 Å². The van der Waals surface area contributed by atoms with Crippen LogP contribution < -0.4 is 10.6 Å². The average molecular weight is 246 g/mol. The van der Waals surface area contributed by atoms with Gasteiger partial charge in [-0.1, -0.05) is 0 Å². The van der Waals surface area contributed by atoms with E-state index in [1.54, 1.807) is 18.2 Å². The molecule has 3 rings (SSSR count). The zero-order valence-corrected chi connectivity index (χ0v) is 9.82. The number of rotatable bonds is 3. The summed E-state index contributed by atoms with van der Waals surface area (Å²) in [5.41, 5.74) is 1.80. The first-order valence-corrected chi connectivity index (χ1v) is 5.98. The first-order valence-electron chi connectivity index (χ1n) is 5.98. The molecule has 1 heterocycles. The molecule has 1 aliphatic carbocycles. The van der Waals surface area contributed by atoms with Crippen molar-refractivity contribution in [3.05, 3.63) is 23.8 Å². The standard InChI is InChI=1S/C13H14N2O3/c16-7-13(3-4-13)12(18)14-9-1-2-10-8(5-9)6-11(17)15-10/h1-2,5,16H,3-4,6-7H2,(H,14,18)(H,15,17). The fraction of sp³-hybridized carbons (Fsp3) is 0.385. The summed E-state index contributed by atoms with van der Waals surface area (Å²) >= 11 is 0. The molecule has 0 spiro atoms. The maximum absolute atomic E-state index is 11.9. The van der Waals surface area contributed by atoms with E-state index in [1.807, 2.05) is 0 Å². The molecule has 1 saturated carbocycles. The van der Waals surface area contributed by atoms with Crippen molar-refractivity contribution < 1.29 is 14.7 Å². The molecule has 0 radical (unpaired) electrons. The summed E-state index contributed by atoms with van der Waals surface area (Å²) in [7, 11) is 0. The van der Waals surface area contributed by atoms with Crippen LogP contribution in [-0.4, -0.2) is 23.5 Å². The summed E-state index contributed by atoms with van der Waals surface area (Å²) in [4.78, 5) is 23.2. The number of aliphatic hydroxyl groups is 1. The summed E-state index contributed by atoms with van der Waals surface area (Å²) in [5, 5.41) is 14.7. The van der Waals surface area contributed by atoms with E-state index in [9.17, 15) is 14.7 Å². The number of fused-ring (bicyclic) bond motifs is 1. The van der Waals surface area contributed by atoms with E-state index in [0.717, 1.165) is 24.1 Å². The molecular weight excluding hydrogens is 232 g/mol. The van der Waals surface area contributed by atoms with Crippen LogP contribution in [0.1, 0.15) is 18.4 Å². The van der Waals surface area contributed by atoms with Crippen LogP contribution in [0, 0.1) is 5.41 Å². The lowest BCUT2D eigenvalue weighted by Crippen LogP contribution is -2.27. The monoisotopic (exact) mass is 246 g/mol. The highest BCUT2D eigenvalue weighted by Gasteiger charge is 2.49. The second-order valence-electron chi connectivity index (χ2n) is 4.99. The van der Waals surface area contributed by atoms with Crippen LogP contribution >= 0.6 is 0 Å². The van der Waals surface area contributed by atoms with Gasteiger partial charge >= 0.3 is 0 Å². The maximum Gasteiger partial charge on any atom is 0.232 e. The first-order chi connectivity index (χ1) is 8.63. The van der Waals surface area contributed by atoms with E-state index in [4.69, 9.17) is 0 Å². The SMILES string of the molecule is O=C1Cc2cc(NC(=O)C3(CO)CC3)ccc2N1. The number of carbonyl (C=O) groups excluding carboxylic acids is 2. The van der Waals surface area contributed by atoms with Crippen molar-refractivity contribution in [3.63, 3.8) is 0 Å². The highest BCUT2D eigenvalue weighted by atomic mass is 16.3. The Morgan fingerprint density at radius 3 is 2.89 bits per heavy atom. The van der Waals surface area contributed by atoms with Crippen LogP contribution in [0.2, 0.25) is 0 Å². The second-order valence-corrected chi connectivity index (χ2v) is 4.99. The smallest absolute Gasteiger partial charge is 0.232 e. The van der Waals surface area contributed by atoms with Gasteiger partial charge in [0.1, 0.15) is 0 Å². The van der Waals surface area contributed by atoms with Gasteiger partial charge in [0.25, 0.3) is 0 Å². The molecule has 0 saturated heterocycles. The molecule has 1 aromatic carbocycles. The first kappa shape index (κ1) is 11.2. The predicted octanol–water partition coefficient (Wildman–Crippen LogP) is 0.892. The molecule has 94 valence electrons. The van der Waals surface area contributed by atoms with Crippen molar-refractivity contribution >= 4 is 23.2 Å². The Balaban J connectivity index is 1.77. The quantitative estimate of drug-likeness (QED) is 0.741. The maximum atomic E-state index is 11.9. The second kappa shape index (κ2) is 3.81. The van der Waals surface area contributed by atoms with E-state index < -0.39 is 5.41 Å². The van der Waals surface area contributed by atoms with Gasteiger partial charge in [0.2, 0.25) is 11.8 Å². The molecule has 0 atom stereocenters. The van der Waals surface area contributed by atoms with E-state index in [1.165, 1.54) is 0 Å². The number of hydrogen-bond donors (Lipinski definition) is 3. The largest absolute Gasteiger partial charge is 0.395 e. The number of aliphatic hydroxyl groups excluding tert-OH is 1. The Morgan fingerprint density at radius 2 is 2.22 bits per heavy atom. The van der Waals surface area contributed by atoms with Gasteiger partial charge in [0.15, 0.2) is 0 Å². The Bertz CT molecular complexity index is 535. The number of benzene rings is 1. The van der Waals surface area contributed by atoms with Crippen LogP contribution in [0.3, 0.4) is 0 Å². The molecule has 2 amide bonds. The Labute approximate surface area is 104 Å². The van der Waals surface area contributed by atoms with Gasteiger partial charge in [0.05, 0.1) is 18.4 Å². The fourth-order valence-corrected chi connectivity index (χ4v) is 2.18. The molecule has 0 bridgehead atoms. The van der Waals surface area contributed by atoms with Crippen molar-refractivity contribution in [2.75, 3.05) is 17.2 Å². The van der Waals surface area contributed by atoms with Crippen molar-refractivity contribution in [2.45, 2.75) is 19.3 Å². The van der Waals surface area contributed by atoms with Gasteiger partial charge in [-0.25, -0.2) is 0 Å². The zero-order chi connectivity index (χ0) is 12.8. The molecule has 1 fully saturated rings. The number of carbonyl (C=O) groups is 2. The lowest BCUT2D eigenvalue weighted by molar-refractivity contribution is -0.122. The summed E-state index contributed by atoms with van der Waals surface area (Å²) < 4.78 is 0. The van der Waals surface area contributed by atoms with Crippen molar-refractivity contribution in [1.29, 1.82) is 0 Å². The van der Waals surface area contributed by atoms with Gasteiger partial charge in [-0.3, -0.25) is 9.59 Å². The summed E-state index contributed by atoms with van der Waals surface area (Å²) in [6, 6.07) is 5.35. The normalized spacial score (nSPS) is 19.1. The minimum absolute atomic E-state index is 0.0255. The number of anilines is 2. The third-order valence-corrected chi connectivity index (χ3v) is 3.63. The Morgan fingerprint density at radius 1 is 1.44 bits per heavy atom. The van der Waals surface area contributed by atoms with Crippen LogP contribution in [-0.2, 0) is 16.0 Å². The lowest BCUT2D eigenvalue weighted by Gasteiger charge is -2.12. The van der Waals surface area contributed by atoms with Crippen molar-refractivity contribution in [1.82, 2.24) is 0 Å². The highest BCUT2D eigenvalue weighted by molar-refractivity contribution is 6.01. The molecule has 0 aromatic heterocycles. The van der Waals surface area contributed by atoms with Gasteiger partial charge in [-0.05, 0) is 36.6 Å². The Kier molecular flexibility index (Phi) is 2.38. The van der Waals surface area contributed by atoms with Gasteiger partial charge in [-0.15, -0.1) is 0 Å².